The minimum absolute atomic E-state index is 0.0138. The average molecular weight is 780 g/mol. The van der Waals surface area contributed by atoms with E-state index < -0.39 is 89.8 Å². The molecule has 5 rings (SSSR count). The van der Waals surface area contributed by atoms with Crippen molar-refractivity contribution in [2.45, 2.75) is 153 Å². The molecule has 9 atom stereocenters. The summed E-state index contributed by atoms with van der Waals surface area (Å²) in [7, 11) is 0. The van der Waals surface area contributed by atoms with Gasteiger partial charge in [0.15, 0.2) is 0 Å². The molecule has 308 valence electrons. The summed E-state index contributed by atoms with van der Waals surface area (Å²) in [6, 6.07) is 1.94. The molecule has 7 N–H and O–H groups in total. The number of nitrogens with one attached hydrogen (secondary N) is 6. The van der Waals surface area contributed by atoms with Crippen molar-refractivity contribution in [2.24, 2.45) is 17.8 Å². The first kappa shape index (κ1) is 42.6. The number of aliphatic hydroxyl groups is 1. The fourth-order valence-electron chi connectivity index (χ4n) is 8.65. The van der Waals surface area contributed by atoms with Crippen LogP contribution >= 0.6 is 0 Å². The number of amides is 7. The zero-order valence-electron chi connectivity index (χ0n) is 33.2. The first-order valence-corrected chi connectivity index (χ1v) is 20.5. The van der Waals surface area contributed by atoms with Crippen LogP contribution in [-0.2, 0) is 40.0 Å². The fourth-order valence-corrected chi connectivity index (χ4v) is 8.65. The van der Waals surface area contributed by atoms with Gasteiger partial charge in [0, 0.05) is 31.5 Å². The van der Waals surface area contributed by atoms with Gasteiger partial charge < -0.3 is 41.9 Å². The van der Waals surface area contributed by atoms with Crippen molar-refractivity contribution in [3.63, 3.8) is 0 Å². The minimum atomic E-state index is -1.49. The molecular weight excluding hydrogens is 718 g/mol. The number of carbonyl (C=O) groups excluding carboxylic acids is 7. The van der Waals surface area contributed by atoms with E-state index in [2.05, 4.69) is 31.9 Å². The standard InChI is InChI=1S/C41H61N7O8/c1-23(2)18-31-38(53)47-35(25(4)49)40(55)46-32(19-26-12-7-5-8-13-26)41(56)48-22-28(43-34(50)20-27-14-9-6-10-15-27)21-33(48)39(54)42-24(3)36(51)44-30-17-11-16-29(30)37(52)45-31/h5,7-8,12-13,23-25,27-33,35,49H,6,9-11,14-22H2,1-4H3,(H,42,54)(H,43,50)(H,44,51)(H,45,52)(H,46,55)(H,47,53)/t24-,25+,28+,29+,30+,31-,32-,33?,35-/m0/s1. The molecule has 7 amide bonds. The van der Waals surface area contributed by atoms with Crippen LogP contribution in [0, 0.1) is 17.8 Å². The number of fused-ring (bicyclic) bond motifs is 2. The molecule has 4 aliphatic rings. The van der Waals surface area contributed by atoms with E-state index >= 15 is 0 Å². The lowest BCUT2D eigenvalue weighted by Gasteiger charge is -2.31. The lowest BCUT2D eigenvalue weighted by Crippen LogP contribution is -2.61. The second kappa shape index (κ2) is 19.6. The molecule has 1 aromatic carbocycles. The second-order valence-electron chi connectivity index (χ2n) is 16.8. The van der Waals surface area contributed by atoms with Crippen molar-refractivity contribution in [1.29, 1.82) is 0 Å². The molecule has 2 aliphatic heterocycles. The highest BCUT2D eigenvalue weighted by molar-refractivity contribution is 5.97. The highest BCUT2D eigenvalue weighted by Gasteiger charge is 2.45. The molecule has 1 unspecified atom stereocenters. The van der Waals surface area contributed by atoms with Gasteiger partial charge in [-0.25, -0.2) is 0 Å². The third-order valence-electron chi connectivity index (χ3n) is 11.7. The van der Waals surface area contributed by atoms with Crippen LogP contribution in [0.25, 0.3) is 0 Å². The van der Waals surface area contributed by atoms with Gasteiger partial charge in [-0.15, -0.1) is 0 Å². The molecule has 56 heavy (non-hydrogen) atoms. The normalized spacial score (nSPS) is 30.7. The molecule has 15 nitrogen and oxygen atoms in total. The van der Waals surface area contributed by atoms with E-state index in [1.54, 1.807) is 24.3 Å². The van der Waals surface area contributed by atoms with E-state index in [4.69, 9.17) is 0 Å². The zero-order chi connectivity index (χ0) is 40.5. The molecule has 0 radical (unpaired) electrons. The van der Waals surface area contributed by atoms with Crippen molar-refractivity contribution >= 4 is 41.4 Å². The Morgan fingerprint density at radius 3 is 2.16 bits per heavy atom. The first-order valence-electron chi connectivity index (χ1n) is 20.5. The van der Waals surface area contributed by atoms with Gasteiger partial charge in [0.25, 0.3) is 0 Å². The third-order valence-corrected chi connectivity index (χ3v) is 11.7. The van der Waals surface area contributed by atoms with E-state index in [1.807, 2.05) is 19.9 Å². The monoisotopic (exact) mass is 779 g/mol. The smallest absolute Gasteiger partial charge is 0.246 e. The van der Waals surface area contributed by atoms with Gasteiger partial charge in [0.05, 0.1) is 12.0 Å². The summed E-state index contributed by atoms with van der Waals surface area (Å²) in [5, 5.41) is 27.8. The van der Waals surface area contributed by atoms with E-state index in [1.165, 1.54) is 18.7 Å². The summed E-state index contributed by atoms with van der Waals surface area (Å²) in [5.41, 5.74) is 0.704. The average Bonchev–Trinajstić information content (AvgIpc) is 3.80. The van der Waals surface area contributed by atoms with Crippen molar-refractivity contribution in [3.8, 4) is 0 Å². The highest BCUT2D eigenvalue weighted by Crippen LogP contribution is 2.28. The number of hydrogen-bond acceptors (Lipinski definition) is 8. The number of hydrogen-bond donors (Lipinski definition) is 7. The Morgan fingerprint density at radius 1 is 0.786 bits per heavy atom. The Kier molecular flexibility index (Phi) is 14.9. The molecule has 4 fully saturated rings. The first-order chi connectivity index (χ1) is 26.7. The summed E-state index contributed by atoms with van der Waals surface area (Å²) >= 11 is 0. The molecule has 0 aromatic heterocycles. The fraction of sp³-hybridized carbons (Fsp3) is 0.683. The SMILES string of the molecule is CC(C)C[C@@H]1NC(=O)[C@@H]2CCC[C@H]2NC(=O)[C@H](C)NC(=O)C2C[C@@H](NC(=O)CC3CCCCC3)CN2C(=O)[C@H](Cc2ccccc2)NC(=O)[C@H]([C@@H](C)O)NC1=O. The van der Waals surface area contributed by atoms with Crippen molar-refractivity contribution < 1.29 is 38.7 Å². The lowest BCUT2D eigenvalue weighted by atomic mass is 9.87. The number of rotatable bonds is 8. The Morgan fingerprint density at radius 2 is 1.48 bits per heavy atom. The Balaban J connectivity index is 1.48. The predicted octanol–water partition coefficient (Wildman–Crippen LogP) is 0.970. The Labute approximate surface area is 329 Å². The maximum Gasteiger partial charge on any atom is 0.246 e. The van der Waals surface area contributed by atoms with Crippen LogP contribution in [0.3, 0.4) is 0 Å². The van der Waals surface area contributed by atoms with Crippen LogP contribution in [0.5, 0.6) is 0 Å². The molecule has 2 saturated heterocycles. The summed E-state index contributed by atoms with van der Waals surface area (Å²) in [6.45, 7) is 6.64. The Bertz CT molecular complexity index is 1580. The van der Waals surface area contributed by atoms with E-state index in [9.17, 15) is 38.7 Å². The summed E-state index contributed by atoms with van der Waals surface area (Å²) in [4.78, 5) is 98.4. The maximum atomic E-state index is 14.7. The van der Waals surface area contributed by atoms with Crippen LogP contribution in [0.15, 0.2) is 30.3 Å². The summed E-state index contributed by atoms with van der Waals surface area (Å²) in [5.74, 6) is -4.17. The van der Waals surface area contributed by atoms with Crippen molar-refractivity contribution in [1.82, 2.24) is 36.8 Å². The lowest BCUT2D eigenvalue weighted by molar-refractivity contribution is -0.143. The third kappa shape index (κ3) is 11.3. The van der Waals surface area contributed by atoms with Gasteiger partial charge in [0.1, 0.15) is 30.2 Å². The van der Waals surface area contributed by atoms with Gasteiger partial charge >= 0.3 is 0 Å². The number of benzene rings is 1. The topological polar surface area (TPSA) is 215 Å². The molecule has 2 saturated carbocycles. The summed E-state index contributed by atoms with van der Waals surface area (Å²) in [6.07, 6.45) is 6.24. The van der Waals surface area contributed by atoms with Crippen molar-refractivity contribution in [3.05, 3.63) is 35.9 Å². The van der Waals surface area contributed by atoms with E-state index in [-0.39, 0.29) is 43.6 Å². The minimum Gasteiger partial charge on any atom is -0.391 e. The molecule has 2 aliphatic carbocycles. The zero-order valence-corrected chi connectivity index (χ0v) is 33.2. The van der Waals surface area contributed by atoms with Crippen LogP contribution < -0.4 is 31.9 Å². The molecule has 0 spiro atoms. The Hall–Kier alpha value is -4.53. The largest absolute Gasteiger partial charge is 0.391 e. The van der Waals surface area contributed by atoms with Gasteiger partial charge in [-0.05, 0) is 69.8 Å². The van der Waals surface area contributed by atoms with Gasteiger partial charge in [-0.1, -0.05) is 69.9 Å². The highest BCUT2D eigenvalue weighted by atomic mass is 16.3. The molecule has 2 heterocycles. The molecule has 15 heteroatoms. The van der Waals surface area contributed by atoms with Crippen LogP contribution in [-0.4, -0.2) is 106 Å². The molecular formula is C41H61N7O8. The number of carbonyl (C=O) groups is 7. The van der Waals surface area contributed by atoms with Crippen LogP contribution in [0.4, 0.5) is 0 Å². The quantitative estimate of drug-likeness (QED) is 0.202. The van der Waals surface area contributed by atoms with Crippen LogP contribution in [0.2, 0.25) is 0 Å². The van der Waals surface area contributed by atoms with Gasteiger partial charge in [-0.3, -0.25) is 33.6 Å². The van der Waals surface area contributed by atoms with Gasteiger partial charge in [-0.2, -0.15) is 0 Å². The predicted molar refractivity (Wildman–Crippen MR) is 207 cm³/mol. The number of nitrogens with zero attached hydrogens (tertiary/aromatic N) is 1. The van der Waals surface area contributed by atoms with Gasteiger partial charge in [0.2, 0.25) is 41.4 Å². The maximum absolute atomic E-state index is 14.7. The second-order valence-corrected chi connectivity index (χ2v) is 16.8. The molecule has 1 aromatic rings. The van der Waals surface area contributed by atoms with E-state index in [0.29, 0.717) is 31.2 Å². The van der Waals surface area contributed by atoms with Crippen molar-refractivity contribution in [2.75, 3.05) is 6.54 Å². The molecule has 0 bridgehead atoms. The van der Waals surface area contributed by atoms with Crippen LogP contribution in [0.1, 0.15) is 104 Å². The number of aliphatic hydroxyl groups excluding tert-OH is 1. The summed E-state index contributed by atoms with van der Waals surface area (Å²) < 4.78 is 0. The van der Waals surface area contributed by atoms with E-state index in [0.717, 1.165) is 32.1 Å².